The fraction of sp³-hybridized carbons (Fsp3) is 0.750. The van der Waals surface area contributed by atoms with E-state index in [1.807, 2.05) is 13.8 Å². The Kier molecular flexibility index (Phi) is 24.3. The number of rotatable bonds is 31. The molecule has 17 nitrogen and oxygen atoms in total. The molecule has 1 heterocycles. The maximum atomic E-state index is 13.0. The summed E-state index contributed by atoms with van der Waals surface area (Å²) in [5.41, 5.74) is 5.06. The highest BCUT2D eigenvalue weighted by Gasteiger charge is 2.29. The van der Waals surface area contributed by atoms with Crippen LogP contribution in [0, 0.1) is 11.8 Å². The molecule has 2 atom stereocenters. The number of nitrogens with zero attached hydrogens (tertiary/aromatic N) is 1. The monoisotopic (exact) mass is 701 g/mol. The van der Waals surface area contributed by atoms with Crippen molar-refractivity contribution in [2.45, 2.75) is 45.6 Å². The molecule has 0 aliphatic carbocycles. The van der Waals surface area contributed by atoms with Gasteiger partial charge in [-0.25, -0.2) is 4.79 Å². The maximum Gasteiger partial charge on any atom is 0.312 e. The van der Waals surface area contributed by atoms with Crippen molar-refractivity contribution in [3.05, 3.63) is 12.2 Å². The van der Waals surface area contributed by atoms with Crippen molar-refractivity contribution in [2.24, 2.45) is 17.6 Å². The zero-order valence-corrected chi connectivity index (χ0v) is 29.0. The van der Waals surface area contributed by atoms with Crippen LogP contribution in [-0.2, 0) is 52.4 Å². The molecule has 0 aromatic rings. The van der Waals surface area contributed by atoms with Crippen molar-refractivity contribution in [1.82, 2.24) is 20.9 Å². The summed E-state index contributed by atoms with van der Waals surface area (Å²) in [6, 6.07) is -1.39. The zero-order valence-electron chi connectivity index (χ0n) is 29.0. The van der Waals surface area contributed by atoms with Gasteiger partial charge in [-0.1, -0.05) is 13.8 Å². The van der Waals surface area contributed by atoms with Crippen LogP contribution in [0.4, 0.5) is 4.79 Å². The minimum Gasteiger partial charge on any atom is -0.379 e. The number of ketones is 1. The smallest absolute Gasteiger partial charge is 0.312 e. The van der Waals surface area contributed by atoms with Gasteiger partial charge >= 0.3 is 6.03 Å². The molecule has 0 saturated carbocycles. The van der Waals surface area contributed by atoms with Gasteiger partial charge in [-0.05, 0) is 18.8 Å². The first-order chi connectivity index (χ1) is 23.6. The lowest BCUT2D eigenvalue weighted by Crippen LogP contribution is -2.46. The van der Waals surface area contributed by atoms with Crippen molar-refractivity contribution in [2.75, 3.05) is 99.4 Å². The van der Waals surface area contributed by atoms with Crippen LogP contribution in [0.15, 0.2) is 12.2 Å². The summed E-state index contributed by atoms with van der Waals surface area (Å²) in [7, 11) is 1.50. The number of carbonyl (C=O) groups is 6. The number of ether oxygens (including phenoxy) is 6. The van der Waals surface area contributed by atoms with Gasteiger partial charge in [0.2, 0.25) is 11.8 Å². The Bertz CT molecular complexity index is 1020. The van der Waals surface area contributed by atoms with Gasteiger partial charge < -0.3 is 50.1 Å². The van der Waals surface area contributed by atoms with Crippen molar-refractivity contribution in [1.29, 1.82) is 0 Å². The first-order valence-corrected chi connectivity index (χ1v) is 16.6. The van der Waals surface area contributed by atoms with Crippen LogP contribution in [0.5, 0.6) is 0 Å². The third-order valence-electron chi connectivity index (χ3n) is 7.12. The van der Waals surface area contributed by atoms with Crippen molar-refractivity contribution in [3.8, 4) is 0 Å². The topological polar surface area (TPSA) is 223 Å². The van der Waals surface area contributed by atoms with E-state index in [0.717, 1.165) is 4.90 Å². The molecule has 1 aliphatic rings. The van der Waals surface area contributed by atoms with Crippen LogP contribution < -0.4 is 21.7 Å². The zero-order chi connectivity index (χ0) is 36.3. The summed E-state index contributed by atoms with van der Waals surface area (Å²) in [6.45, 7) is 8.30. The minimum absolute atomic E-state index is 0.0353. The molecule has 0 aromatic heterocycles. The summed E-state index contributed by atoms with van der Waals surface area (Å²) in [5.74, 6) is -2.26. The van der Waals surface area contributed by atoms with Gasteiger partial charge in [0.05, 0.1) is 91.9 Å². The largest absolute Gasteiger partial charge is 0.379 e. The van der Waals surface area contributed by atoms with E-state index >= 15 is 0 Å². The highest BCUT2D eigenvalue weighted by molar-refractivity contribution is 6.12. The average Bonchev–Trinajstić information content (AvgIpc) is 3.39. The van der Waals surface area contributed by atoms with Gasteiger partial charge in [0.1, 0.15) is 0 Å². The predicted molar refractivity (Wildman–Crippen MR) is 176 cm³/mol. The number of Topliss-reactive ketones (excluding diaryl/α,β-unsaturated/α-hetero) is 1. The second-order valence-corrected chi connectivity index (χ2v) is 11.3. The van der Waals surface area contributed by atoms with Crippen molar-refractivity contribution >= 4 is 35.4 Å². The van der Waals surface area contributed by atoms with Gasteiger partial charge in [0, 0.05) is 44.5 Å². The highest BCUT2D eigenvalue weighted by atomic mass is 16.6. The molecule has 0 radical (unpaired) electrons. The molecule has 6 amide bonds. The van der Waals surface area contributed by atoms with E-state index in [1.54, 1.807) is 0 Å². The van der Waals surface area contributed by atoms with E-state index in [9.17, 15) is 28.8 Å². The first-order valence-electron chi connectivity index (χ1n) is 16.6. The summed E-state index contributed by atoms with van der Waals surface area (Å²) in [4.78, 5) is 72.6. The lowest BCUT2D eigenvalue weighted by molar-refractivity contribution is -0.137. The number of hydrogen-bond donors (Lipinski definition) is 4. The summed E-state index contributed by atoms with van der Waals surface area (Å²) < 4.78 is 32.5. The fourth-order valence-corrected chi connectivity index (χ4v) is 4.50. The molecule has 0 unspecified atom stereocenters. The van der Waals surface area contributed by atoms with Crippen LogP contribution in [0.1, 0.15) is 39.5 Å². The van der Waals surface area contributed by atoms with Crippen LogP contribution in [0.25, 0.3) is 0 Å². The van der Waals surface area contributed by atoms with E-state index in [1.165, 1.54) is 19.2 Å². The molecule has 280 valence electrons. The van der Waals surface area contributed by atoms with E-state index in [2.05, 4.69) is 16.0 Å². The van der Waals surface area contributed by atoms with Gasteiger partial charge in [-0.2, -0.15) is 0 Å². The molecule has 17 heteroatoms. The standard InChI is InChI=1S/C32H55N5O12/c1-24(2)30(26(38)23-25(31(42)34-3)5-4-9-35-32(33)43)36-27(39)8-11-44-13-15-46-17-19-48-21-22-49-20-18-47-16-14-45-12-10-37-28(40)6-7-29(37)41/h6-7,24-25,30H,4-5,8-23H2,1-3H3,(H,34,42)(H,36,39)(H3,33,35,43)/t25-,30+/m1/s1. The lowest BCUT2D eigenvalue weighted by atomic mass is 9.89. The molecule has 0 saturated heterocycles. The number of nitrogens with two attached hydrogens (primary N) is 1. The number of hydrogen-bond acceptors (Lipinski definition) is 12. The first kappa shape index (κ1) is 43.5. The quantitative estimate of drug-likeness (QED) is 0.0521. The second-order valence-electron chi connectivity index (χ2n) is 11.3. The Hall–Kier alpha value is -3.48. The molecule has 1 aliphatic heterocycles. The van der Waals surface area contributed by atoms with Gasteiger partial charge in [-0.3, -0.25) is 28.9 Å². The van der Waals surface area contributed by atoms with E-state index in [-0.39, 0.29) is 67.9 Å². The minimum atomic E-state index is -0.741. The Labute approximate surface area is 288 Å². The van der Waals surface area contributed by atoms with E-state index in [0.29, 0.717) is 85.5 Å². The Morgan fingerprint density at radius 1 is 0.755 bits per heavy atom. The van der Waals surface area contributed by atoms with Gasteiger partial charge in [0.15, 0.2) is 5.78 Å². The van der Waals surface area contributed by atoms with Crippen LogP contribution in [0.2, 0.25) is 0 Å². The molecule has 0 fully saturated rings. The Balaban J connectivity index is 2.00. The van der Waals surface area contributed by atoms with Crippen LogP contribution in [-0.4, -0.2) is 146 Å². The number of imide groups is 1. The molecule has 0 bridgehead atoms. The summed E-state index contributed by atoms with van der Waals surface area (Å²) in [5, 5.41) is 7.79. The molecule has 0 aromatic carbocycles. The molecule has 49 heavy (non-hydrogen) atoms. The Morgan fingerprint density at radius 3 is 1.67 bits per heavy atom. The average molecular weight is 702 g/mol. The molecule has 1 rings (SSSR count). The van der Waals surface area contributed by atoms with E-state index < -0.39 is 18.0 Å². The molecule has 5 N–H and O–H groups in total. The number of urea groups is 1. The number of amides is 6. The normalized spacial score (nSPS) is 13.9. The van der Waals surface area contributed by atoms with Gasteiger partial charge in [0.25, 0.3) is 11.8 Å². The molecular weight excluding hydrogens is 646 g/mol. The van der Waals surface area contributed by atoms with Crippen LogP contribution in [0.3, 0.4) is 0 Å². The predicted octanol–water partition coefficient (Wildman–Crippen LogP) is -0.688. The summed E-state index contributed by atoms with van der Waals surface area (Å²) >= 11 is 0. The fourth-order valence-electron chi connectivity index (χ4n) is 4.50. The van der Waals surface area contributed by atoms with Crippen molar-refractivity contribution < 1.29 is 57.2 Å². The lowest BCUT2D eigenvalue weighted by Gasteiger charge is -2.23. The Morgan fingerprint density at radius 2 is 1.22 bits per heavy atom. The highest BCUT2D eigenvalue weighted by Crippen LogP contribution is 2.16. The number of nitrogens with one attached hydrogen (secondary N) is 3. The maximum absolute atomic E-state index is 13.0. The van der Waals surface area contributed by atoms with E-state index in [4.69, 9.17) is 34.2 Å². The molecule has 0 spiro atoms. The molecular formula is C32H55N5O12. The third-order valence-corrected chi connectivity index (χ3v) is 7.12. The van der Waals surface area contributed by atoms with Gasteiger partial charge in [-0.15, -0.1) is 0 Å². The van der Waals surface area contributed by atoms with Crippen LogP contribution >= 0.6 is 0 Å². The SMILES string of the molecule is CNC(=O)[C@H](CCCNC(N)=O)CC(=O)[C@@H](NC(=O)CCOCCOCCOCCOCCOCCOCCN1C(=O)C=CC1=O)C(C)C. The van der Waals surface area contributed by atoms with Crippen molar-refractivity contribution in [3.63, 3.8) is 0 Å². The number of carbonyl (C=O) groups excluding carboxylic acids is 6. The second kappa shape index (κ2) is 27.4. The summed E-state index contributed by atoms with van der Waals surface area (Å²) in [6.07, 6.45) is 3.37. The number of primary amides is 1. The third kappa shape index (κ3) is 21.3.